The normalized spacial score (nSPS) is 14.5. The molecule has 1 saturated heterocycles. The van der Waals surface area contributed by atoms with Crippen LogP contribution in [0.4, 0.5) is 11.4 Å². The second kappa shape index (κ2) is 9.75. The van der Waals surface area contributed by atoms with Gasteiger partial charge < -0.3 is 14.8 Å². The summed E-state index contributed by atoms with van der Waals surface area (Å²) in [6, 6.07) is 12.9. The lowest BCUT2D eigenvalue weighted by Gasteiger charge is -2.27. The van der Waals surface area contributed by atoms with Gasteiger partial charge in [0.2, 0.25) is 11.8 Å². The molecule has 0 saturated carbocycles. The minimum absolute atomic E-state index is 0.120. The Morgan fingerprint density at radius 3 is 2.52 bits per heavy atom. The van der Waals surface area contributed by atoms with E-state index in [1.165, 1.54) is 31.2 Å². The number of nitrogens with one attached hydrogen (secondary N) is 2. The van der Waals surface area contributed by atoms with Crippen LogP contribution in [0.15, 0.2) is 48.5 Å². The molecule has 2 aromatic carbocycles. The number of carbonyl (C=O) groups excluding carboxylic acids is 4. The highest BCUT2D eigenvalue weighted by Crippen LogP contribution is 2.24. The predicted molar refractivity (Wildman–Crippen MR) is 112 cm³/mol. The van der Waals surface area contributed by atoms with Crippen molar-refractivity contribution in [1.29, 1.82) is 0 Å². The van der Waals surface area contributed by atoms with Crippen LogP contribution in [0.5, 0.6) is 5.75 Å². The number of esters is 1. The highest BCUT2D eigenvalue weighted by atomic mass is 16.5. The van der Waals surface area contributed by atoms with Crippen molar-refractivity contribution in [3.63, 3.8) is 0 Å². The maximum absolute atomic E-state index is 12.4. The van der Waals surface area contributed by atoms with Crippen molar-refractivity contribution in [2.75, 3.05) is 16.9 Å². The van der Waals surface area contributed by atoms with E-state index in [-0.39, 0.29) is 30.2 Å². The zero-order valence-corrected chi connectivity index (χ0v) is 17.2. The summed E-state index contributed by atoms with van der Waals surface area (Å²) in [4.78, 5) is 48.3. The van der Waals surface area contributed by atoms with Gasteiger partial charge in [-0.1, -0.05) is 12.1 Å². The molecule has 3 amide bonds. The number of ether oxygens (including phenoxy) is 2. The van der Waals surface area contributed by atoms with Crippen LogP contribution in [0.1, 0.15) is 37.0 Å². The minimum atomic E-state index is -1.05. The monoisotopic (exact) mass is 425 g/mol. The highest BCUT2D eigenvalue weighted by Gasteiger charge is 2.25. The van der Waals surface area contributed by atoms with Crippen molar-refractivity contribution >= 4 is 35.1 Å². The van der Waals surface area contributed by atoms with Crippen LogP contribution < -0.4 is 20.5 Å². The third-order valence-corrected chi connectivity index (χ3v) is 4.51. The molecule has 9 heteroatoms. The van der Waals surface area contributed by atoms with Crippen LogP contribution in [0.25, 0.3) is 0 Å². The van der Waals surface area contributed by atoms with Gasteiger partial charge in [-0.05, 0) is 50.2 Å². The number of rotatable bonds is 7. The first-order valence-electron chi connectivity index (χ1n) is 9.85. The third kappa shape index (κ3) is 5.39. The van der Waals surface area contributed by atoms with Crippen molar-refractivity contribution in [2.45, 2.75) is 32.8 Å². The van der Waals surface area contributed by atoms with E-state index < -0.39 is 18.0 Å². The molecule has 1 aliphatic heterocycles. The Bertz CT molecular complexity index is 989. The number of carbonyl (C=O) groups is 4. The average molecular weight is 425 g/mol. The van der Waals surface area contributed by atoms with Crippen LogP contribution in [-0.2, 0) is 19.1 Å². The SMILES string of the molecule is CCOc1ccccc1NC(=O)C(C)OC(=O)c1ccc(N2NC(=O)CCC2=O)cc1. The first kappa shape index (κ1) is 21.8. The third-order valence-electron chi connectivity index (χ3n) is 4.51. The highest BCUT2D eigenvalue weighted by molar-refractivity contribution is 6.02. The zero-order valence-electron chi connectivity index (χ0n) is 17.2. The lowest BCUT2D eigenvalue weighted by Crippen LogP contribution is -2.50. The molecule has 1 aliphatic rings. The molecule has 1 heterocycles. The van der Waals surface area contributed by atoms with Gasteiger partial charge in [0.25, 0.3) is 5.91 Å². The van der Waals surface area contributed by atoms with Gasteiger partial charge in [-0.3, -0.25) is 19.8 Å². The van der Waals surface area contributed by atoms with E-state index in [0.29, 0.717) is 23.7 Å². The number of hydrogen-bond donors (Lipinski definition) is 2. The lowest BCUT2D eigenvalue weighted by atomic mass is 10.1. The van der Waals surface area contributed by atoms with Crippen molar-refractivity contribution in [1.82, 2.24) is 5.43 Å². The molecular weight excluding hydrogens is 402 g/mol. The molecule has 2 N–H and O–H groups in total. The van der Waals surface area contributed by atoms with Gasteiger partial charge in [0, 0.05) is 12.8 Å². The van der Waals surface area contributed by atoms with Crippen LogP contribution in [0.2, 0.25) is 0 Å². The number of benzene rings is 2. The Kier molecular flexibility index (Phi) is 6.86. The summed E-state index contributed by atoms with van der Waals surface area (Å²) in [5.41, 5.74) is 3.59. The molecule has 0 radical (unpaired) electrons. The molecule has 0 bridgehead atoms. The quantitative estimate of drug-likeness (QED) is 0.659. The molecule has 0 aliphatic carbocycles. The summed E-state index contributed by atoms with van der Waals surface area (Å²) in [6.45, 7) is 3.75. The Morgan fingerprint density at radius 2 is 1.81 bits per heavy atom. The second-order valence-electron chi connectivity index (χ2n) is 6.78. The number of amides is 3. The van der Waals surface area contributed by atoms with Crippen molar-refractivity contribution in [3.05, 3.63) is 54.1 Å². The van der Waals surface area contributed by atoms with E-state index in [1.807, 2.05) is 6.92 Å². The first-order chi connectivity index (χ1) is 14.9. The summed E-state index contributed by atoms with van der Waals surface area (Å²) >= 11 is 0. The number of hydrogen-bond acceptors (Lipinski definition) is 6. The minimum Gasteiger partial charge on any atom is -0.492 e. The Morgan fingerprint density at radius 1 is 1.10 bits per heavy atom. The molecule has 1 atom stereocenters. The van der Waals surface area contributed by atoms with Gasteiger partial charge in [0.05, 0.1) is 23.5 Å². The molecule has 1 fully saturated rings. The van der Waals surface area contributed by atoms with Crippen LogP contribution in [0, 0.1) is 0 Å². The number of para-hydroxylation sites is 2. The largest absolute Gasteiger partial charge is 0.492 e. The van der Waals surface area contributed by atoms with Crippen LogP contribution in [-0.4, -0.2) is 36.4 Å². The van der Waals surface area contributed by atoms with E-state index in [2.05, 4.69) is 10.7 Å². The smallest absolute Gasteiger partial charge is 0.338 e. The van der Waals surface area contributed by atoms with Gasteiger partial charge in [0.1, 0.15) is 5.75 Å². The van der Waals surface area contributed by atoms with Crippen LogP contribution in [0.3, 0.4) is 0 Å². The fourth-order valence-corrected chi connectivity index (χ4v) is 2.90. The fourth-order valence-electron chi connectivity index (χ4n) is 2.90. The maximum atomic E-state index is 12.4. The van der Waals surface area contributed by atoms with Crippen molar-refractivity contribution in [2.24, 2.45) is 0 Å². The standard InChI is InChI=1S/C22H23N3O6/c1-3-30-18-7-5-4-6-17(18)23-21(28)14(2)31-22(29)15-8-10-16(11-9-15)25-20(27)13-12-19(26)24-25/h4-11,14H,3,12-13H2,1-2H3,(H,23,28)(H,24,26). The summed E-state index contributed by atoms with van der Waals surface area (Å²) in [5, 5.41) is 3.83. The van der Waals surface area contributed by atoms with E-state index in [1.54, 1.807) is 24.3 Å². The Hall–Kier alpha value is -3.88. The first-order valence-corrected chi connectivity index (χ1v) is 9.85. The van der Waals surface area contributed by atoms with E-state index in [4.69, 9.17) is 9.47 Å². The lowest BCUT2D eigenvalue weighted by molar-refractivity contribution is -0.130. The number of nitrogens with zero attached hydrogens (tertiary/aromatic N) is 1. The van der Waals surface area contributed by atoms with Crippen molar-refractivity contribution < 1.29 is 28.7 Å². The van der Waals surface area contributed by atoms with Gasteiger partial charge in [0.15, 0.2) is 6.10 Å². The molecule has 2 aromatic rings. The molecular formula is C22H23N3O6. The summed E-state index contributed by atoms with van der Waals surface area (Å²) in [6.07, 6.45) is -0.784. The molecule has 162 valence electrons. The van der Waals surface area contributed by atoms with E-state index >= 15 is 0 Å². The molecule has 0 aromatic heterocycles. The Balaban J connectivity index is 1.61. The summed E-state index contributed by atoms with van der Waals surface area (Å²) < 4.78 is 10.7. The molecule has 0 spiro atoms. The fraction of sp³-hybridized carbons (Fsp3) is 0.273. The second-order valence-corrected chi connectivity index (χ2v) is 6.78. The predicted octanol–water partition coefficient (Wildman–Crippen LogP) is 2.43. The van der Waals surface area contributed by atoms with E-state index in [0.717, 1.165) is 5.01 Å². The topological polar surface area (TPSA) is 114 Å². The summed E-state index contributed by atoms with van der Waals surface area (Å²) in [7, 11) is 0. The number of anilines is 2. The van der Waals surface area contributed by atoms with Gasteiger partial charge in [-0.25, -0.2) is 9.80 Å². The van der Waals surface area contributed by atoms with Gasteiger partial charge >= 0.3 is 5.97 Å². The molecule has 1 unspecified atom stereocenters. The average Bonchev–Trinajstić information content (AvgIpc) is 2.77. The Labute approximate surface area is 179 Å². The zero-order chi connectivity index (χ0) is 22.4. The van der Waals surface area contributed by atoms with Gasteiger partial charge in [-0.2, -0.15) is 0 Å². The number of hydrazine groups is 1. The summed E-state index contributed by atoms with van der Waals surface area (Å²) in [5.74, 6) is -1.17. The van der Waals surface area contributed by atoms with Crippen LogP contribution >= 0.6 is 0 Å². The van der Waals surface area contributed by atoms with Gasteiger partial charge in [-0.15, -0.1) is 0 Å². The molecule has 3 rings (SSSR count). The van der Waals surface area contributed by atoms with E-state index in [9.17, 15) is 19.2 Å². The van der Waals surface area contributed by atoms with Crippen molar-refractivity contribution in [3.8, 4) is 5.75 Å². The maximum Gasteiger partial charge on any atom is 0.338 e. The molecule has 9 nitrogen and oxygen atoms in total. The molecule has 31 heavy (non-hydrogen) atoms.